The molecule has 2 rings (SSSR count). The molecule has 2 aromatic carbocycles. The molecule has 3 N–H and O–H groups in total. The highest BCUT2D eigenvalue weighted by Gasteiger charge is 2.04. The fraction of sp³-hybridized carbons (Fsp3) is 0.350. The molecular formula is C20H28N4O2. The molecule has 0 radical (unpaired) electrons. The standard InChI is InChI=1S/C20H28N4O2/c1-24(2)14-17-7-5-6-15(10-17)12-22-20(21)23-13-16-8-9-18(25-3)19(11-16)26-4/h5-11H,12-14H2,1-4H3,(H3,21,22,23). The van der Waals surface area contributed by atoms with Crippen molar-refractivity contribution in [3.05, 3.63) is 59.2 Å². The van der Waals surface area contributed by atoms with Crippen molar-refractivity contribution in [2.45, 2.75) is 19.6 Å². The largest absolute Gasteiger partial charge is 0.493 e. The van der Waals surface area contributed by atoms with Crippen LogP contribution in [0, 0.1) is 0 Å². The van der Waals surface area contributed by atoms with E-state index in [0.29, 0.717) is 30.5 Å². The number of hydrogen-bond acceptors (Lipinski definition) is 4. The van der Waals surface area contributed by atoms with Crippen molar-refractivity contribution in [1.29, 1.82) is 0 Å². The average molecular weight is 356 g/mol. The Morgan fingerprint density at radius 2 is 1.73 bits per heavy atom. The molecule has 140 valence electrons. The molecule has 0 aliphatic rings. The van der Waals surface area contributed by atoms with Gasteiger partial charge < -0.3 is 25.4 Å². The smallest absolute Gasteiger partial charge is 0.189 e. The third-order valence-corrected chi connectivity index (χ3v) is 3.84. The fourth-order valence-electron chi connectivity index (χ4n) is 2.61. The number of nitrogens with one attached hydrogen (secondary N) is 1. The maximum Gasteiger partial charge on any atom is 0.189 e. The first-order valence-corrected chi connectivity index (χ1v) is 8.49. The molecule has 0 heterocycles. The molecule has 26 heavy (non-hydrogen) atoms. The number of ether oxygens (including phenoxy) is 2. The first kappa shape index (κ1) is 19.6. The highest BCUT2D eigenvalue weighted by atomic mass is 16.5. The molecule has 0 unspecified atom stereocenters. The van der Waals surface area contributed by atoms with Crippen molar-refractivity contribution >= 4 is 5.96 Å². The van der Waals surface area contributed by atoms with Gasteiger partial charge in [-0.3, -0.25) is 0 Å². The number of nitrogens with zero attached hydrogens (tertiary/aromatic N) is 2. The Morgan fingerprint density at radius 1 is 1.00 bits per heavy atom. The lowest BCUT2D eigenvalue weighted by Gasteiger charge is -2.11. The second kappa shape index (κ2) is 9.68. The van der Waals surface area contributed by atoms with Gasteiger partial charge in [-0.2, -0.15) is 0 Å². The third-order valence-electron chi connectivity index (χ3n) is 3.84. The van der Waals surface area contributed by atoms with E-state index in [1.807, 2.05) is 18.2 Å². The van der Waals surface area contributed by atoms with Gasteiger partial charge in [0.1, 0.15) is 0 Å². The van der Waals surface area contributed by atoms with E-state index in [0.717, 1.165) is 17.7 Å². The molecule has 2 aromatic rings. The van der Waals surface area contributed by atoms with Crippen molar-refractivity contribution in [3.8, 4) is 11.5 Å². The zero-order valence-corrected chi connectivity index (χ0v) is 16.0. The second-order valence-corrected chi connectivity index (χ2v) is 6.30. The Labute approximate surface area is 155 Å². The van der Waals surface area contributed by atoms with E-state index >= 15 is 0 Å². The first-order chi connectivity index (χ1) is 12.5. The minimum absolute atomic E-state index is 0.415. The number of benzene rings is 2. The molecule has 0 aliphatic heterocycles. The van der Waals surface area contributed by atoms with E-state index in [1.165, 1.54) is 5.56 Å². The minimum Gasteiger partial charge on any atom is -0.493 e. The van der Waals surface area contributed by atoms with Crippen LogP contribution in [0.3, 0.4) is 0 Å². The summed E-state index contributed by atoms with van der Waals surface area (Å²) in [5.41, 5.74) is 9.43. The number of rotatable bonds is 8. The summed E-state index contributed by atoms with van der Waals surface area (Å²) < 4.78 is 10.6. The molecule has 6 nitrogen and oxygen atoms in total. The van der Waals surface area contributed by atoms with Crippen LogP contribution in [-0.2, 0) is 19.6 Å². The van der Waals surface area contributed by atoms with Crippen LogP contribution in [0.4, 0.5) is 0 Å². The average Bonchev–Trinajstić information content (AvgIpc) is 2.64. The van der Waals surface area contributed by atoms with Crippen LogP contribution >= 0.6 is 0 Å². The molecule has 0 fully saturated rings. The summed E-state index contributed by atoms with van der Waals surface area (Å²) in [4.78, 5) is 6.56. The van der Waals surface area contributed by atoms with Gasteiger partial charge in [0.05, 0.1) is 20.8 Å². The summed E-state index contributed by atoms with van der Waals surface area (Å²) in [6.45, 7) is 2.02. The highest BCUT2D eigenvalue weighted by Crippen LogP contribution is 2.27. The zero-order chi connectivity index (χ0) is 18.9. The van der Waals surface area contributed by atoms with E-state index in [1.54, 1.807) is 14.2 Å². The van der Waals surface area contributed by atoms with E-state index in [4.69, 9.17) is 15.2 Å². The summed E-state index contributed by atoms with van der Waals surface area (Å²) in [6, 6.07) is 14.1. The Morgan fingerprint density at radius 3 is 2.42 bits per heavy atom. The van der Waals surface area contributed by atoms with Crippen LogP contribution in [0.2, 0.25) is 0 Å². The molecule has 0 atom stereocenters. The SMILES string of the molecule is COc1ccc(CNC(N)=NCc2cccc(CN(C)C)c2)cc1OC. The van der Waals surface area contributed by atoms with Crippen LogP contribution in [0.1, 0.15) is 16.7 Å². The summed E-state index contributed by atoms with van der Waals surface area (Å²) in [7, 11) is 7.35. The van der Waals surface area contributed by atoms with E-state index < -0.39 is 0 Å². The molecule has 0 spiro atoms. The van der Waals surface area contributed by atoms with Crippen molar-refractivity contribution in [2.24, 2.45) is 10.7 Å². The summed E-state index contributed by atoms with van der Waals surface area (Å²) >= 11 is 0. The normalized spacial score (nSPS) is 11.5. The zero-order valence-electron chi connectivity index (χ0n) is 16.0. The highest BCUT2D eigenvalue weighted by molar-refractivity contribution is 5.77. The topological polar surface area (TPSA) is 72.1 Å². The van der Waals surface area contributed by atoms with Gasteiger partial charge in [-0.25, -0.2) is 4.99 Å². The van der Waals surface area contributed by atoms with Crippen LogP contribution < -0.4 is 20.5 Å². The van der Waals surface area contributed by atoms with E-state index in [-0.39, 0.29) is 0 Å². The number of methoxy groups -OCH3 is 2. The van der Waals surface area contributed by atoms with E-state index in [2.05, 4.69) is 53.6 Å². The third kappa shape index (κ3) is 5.97. The van der Waals surface area contributed by atoms with Crippen LogP contribution in [-0.4, -0.2) is 39.2 Å². The number of aliphatic imine (C=N–C) groups is 1. The molecule has 0 saturated carbocycles. The van der Waals surface area contributed by atoms with E-state index in [9.17, 15) is 0 Å². The second-order valence-electron chi connectivity index (χ2n) is 6.30. The molecule has 0 saturated heterocycles. The monoisotopic (exact) mass is 356 g/mol. The maximum atomic E-state index is 5.99. The molecule has 0 aliphatic carbocycles. The van der Waals surface area contributed by atoms with Gasteiger partial charge in [0.25, 0.3) is 0 Å². The van der Waals surface area contributed by atoms with Crippen LogP contribution in [0.15, 0.2) is 47.5 Å². The molecule has 0 aromatic heterocycles. The summed E-state index contributed by atoms with van der Waals surface area (Å²) in [6.07, 6.45) is 0. The number of nitrogens with two attached hydrogens (primary N) is 1. The summed E-state index contributed by atoms with van der Waals surface area (Å²) in [5.74, 6) is 1.81. The van der Waals surface area contributed by atoms with Crippen LogP contribution in [0.25, 0.3) is 0 Å². The molecule has 6 heteroatoms. The fourth-order valence-corrected chi connectivity index (χ4v) is 2.61. The van der Waals surface area contributed by atoms with Gasteiger partial charge in [0, 0.05) is 13.1 Å². The predicted octanol–water partition coefficient (Wildman–Crippen LogP) is 2.37. The number of guanidine groups is 1. The lowest BCUT2D eigenvalue weighted by Crippen LogP contribution is -2.31. The van der Waals surface area contributed by atoms with Gasteiger partial charge in [-0.05, 0) is 42.9 Å². The summed E-state index contributed by atoms with van der Waals surface area (Å²) in [5, 5.41) is 3.13. The van der Waals surface area contributed by atoms with Gasteiger partial charge in [-0.1, -0.05) is 30.3 Å². The van der Waals surface area contributed by atoms with Crippen LogP contribution in [0.5, 0.6) is 11.5 Å². The lowest BCUT2D eigenvalue weighted by atomic mass is 10.1. The maximum absolute atomic E-state index is 5.99. The van der Waals surface area contributed by atoms with Crippen molar-refractivity contribution < 1.29 is 9.47 Å². The van der Waals surface area contributed by atoms with Gasteiger partial charge in [0.2, 0.25) is 0 Å². The minimum atomic E-state index is 0.415. The molecular weight excluding hydrogens is 328 g/mol. The van der Waals surface area contributed by atoms with Crippen molar-refractivity contribution in [2.75, 3.05) is 28.3 Å². The molecule has 0 bridgehead atoms. The number of hydrogen-bond donors (Lipinski definition) is 2. The molecule has 0 amide bonds. The Balaban J connectivity index is 1.92. The Kier molecular flexibility index (Phi) is 7.29. The quantitative estimate of drug-likeness (QED) is 0.561. The first-order valence-electron chi connectivity index (χ1n) is 8.49. The lowest BCUT2D eigenvalue weighted by molar-refractivity contribution is 0.354. The van der Waals surface area contributed by atoms with Gasteiger partial charge in [-0.15, -0.1) is 0 Å². The Hall–Kier alpha value is -2.73. The van der Waals surface area contributed by atoms with Gasteiger partial charge >= 0.3 is 0 Å². The Bertz CT molecular complexity index is 744. The van der Waals surface area contributed by atoms with Gasteiger partial charge in [0.15, 0.2) is 17.5 Å². The predicted molar refractivity (Wildman–Crippen MR) is 106 cm³/mol. The van der Waals surface area contributed by atoms with Crippen molar-refractivity contribution in [3.63, 3.8) is 0 Å². The van der Waals surface area contributed by atoms with Crippen molar-refractivity contribution in [1.82, 2.24) is 10.2 Å².